The minimum atomic E-state index is -0.309. The van der Waals surface area contributed by atoms with Gasteiger partial charge in [0.25, 0.3) is 0 Å². The second-order valence-corrected chi connectivity index (χ2v) is 8.59. The van der Waals surface area contributed by atoms with Crippen LogP contribution in [0.2, 0.25) is 4.34 Å². The lowest BCUT2D eigenvalue weighted by atomic mass is 10.2. The number of aryl methyl sites for hydroxylation is 1. The Labute approximate surface area is 180 Å². The first-order chi connectivity index (χ1) is 14.2. The number of anilines is 1. The standard InChI is InChI=1S/C15H21N5O2.C5H5ClS/c21-11-17-10-14-18-19-15(22-14)12-2-4-13(5-3-12)20-8-1-6-16-7-9-20;1-4-2-3-5(6)7-4/h2-5,11,14,16,18H,1,6-10H2,(H,17,21);2-3H,1H3. The van der Waals surface area contributed by atoms with E-state index in [2.05, 4.69) is 38.2 Å². The van der Waals surface area contributed by atoms with Gasteiger partial charge >= 0.3 is 0 Å². The monoisotopic (exact) mass is 435 g/mol. The molecule has 9 heteroatoms. The molecule has 7 nitrogen and oxygen atoms in total. The van der Waals surface area contributed by atoms with Gasteiger partial charge in [0.15, 0.2) is 0 Å². The van der Waals surface area contributed by atoms with Crippen molar-refractivity contribution in [1.29, 1.82) is 0 Å². The zero-order valence-electron chi connectivity index (χ0n) is 16.4. The molecule has 156 valence electrons. The summed E-state index contributed by atoms with van der Waals surface area (Å²) in [5.41, 5.74) is 5.00. The highest BCUT2D eigenvalue weighted by Gasteiger charge is 2.20. The van der Waals surface area contributed by atoms with E-state index in [1.54, 1.807) is 11.3 Å². The van der Waals surface area contributed by atoms with Crippen molar-refractivity contribution in [3.8, 4) is 0 Å². The highest BCUT2D eigenvalue weighted by molar-refractivity contribution is 7.16. The molecule has 0 saturated carbocycles. The molecule has 2 aromatic rings. The number of carbonyl (C=O) groups is 1. The summed E-state index contributed by atoms with van der Waals surface area (Å²) in [6, 6.07) is 12.1. The van der Waals surface area contributed by atoms with Crippen molar-refractivity contribution in [1.82, 2.24) is 16.1 Å². The number of nitrogens with one attached hydrogen (secondary N) is 3. The Morgan fingerprint density at radius 2 is 2.10 bits per heavy atom. The predicted molar refractivity (Wildman–Crippen MR) is 119 cm³/mol. The van der Waals surface area contributed by atoms with E-state index in [0.717, 1.165) is 42.5 Å². The molecule has 1 aromatic heterocycles. The Hall–Kier alpha value is -2.29. The van der Waals surface area contributed by atoms with Gasteiger partial charge in [-0.25, -0.2) is 0 Å². The summed E-state index contributed by atoms with van der Waals surface area (Å²) in [5, 5.41) is 10.1. The summed E-state index contributed by atoms with van der Waals surface area (Å²) in [7, 11) is 0. The Kier molecular flexibility index (Phi) is 8.15. The number of hydrogen-bond acceptors (Lipinski definition) is 7. The number of thiophene rings is 1. The first-order valence-corrected chi connectivity index (χ1v) is 10.8. The summed E-state index contributed by atoms with van der Waals surface area (Å²) in [4.78, 5) is 13.9. The van der Waals surface area contributed by atoms with Gasteiger partial charge in [-0.3, -0.25) is 10.2 Å². The lowest BCUT2D eigenvalue weighted by Crippen LogP contribution is -2.34. The summed E-state index contributed by atoms with van der Waals surface area (Å²) in [5.74, 6) is 0.557. The Balaban J connectivity index is 0.000000290. The molecule has 2 aliphatic rings. The van der Waals surface area contributed by atoms with Gasteiger partial charge in [-0.05, 0) is 56.3 Å². The number of amides is 1. The maximum atomic E-state index is 10.3. The largest absolute Gasteiger partial charge is 0.449 e. The normalized spacial score (nSPS) is 18.5. The Morgan fingerprint density at radius 3 is 2.76 bits per heavy atom. The van der Waals surface area contributed by atoms with E-state index in [9.17, 15) is 4.79 Å². The molecule has 0 aliphatic carbocycles. The van der Waals surface area contributed by atoms with E-state index < -0.39 is 0 Å². The smallest absolute Gasteiger partial charge is 0.240 e. The number of ether oxygens (including phenoxy) is 1. The molecule has 1 fully saturated rings. The van der Waals surface area contributed by atoms with Gasteiger partial charge in [-0.15, -0.1) is 16.4 Å². The highest BCUT2D eigenvalue weighted by atomic mass is 35.5. The van der Waals surface area contributed by atoms with Crippen LogP contribution in [0.15, 0.2) is 41.5 Å². The van der Waals surface area contributed by atoms with Crippen molar-refractivity contribution in [3.05, 3.63) is 51.2 Å². The van der Waals surface area contributed by atoms with Crippen molar-refractivity contribution >= 4 is 40.9 Å². The number of halogens is 1. The maximum Gasteiger partial charge on any atom is 0.240 e. The molecule has 0 radical (unpaired) electrons. The van der Waals surface area contributed by atoms with E-state index in [1.165, 1.54) is 10.6 Å². The summed E-state index contributed by atoms with van der Waals surface area (Å²) in [6.07, 6.45) is 1.50. The van der Waals surface area contributed by atoms with Crippen LogP contribution < -0.4 is 21.0 Å². The number of hydrogen-bond donors (Lipinski definition) is 3. The lowest BCUT2D eigenvalue weighted by Gasteiger charge is -2.22. The third-order valence-electron chi connectivity index (χ3n) is 4.48. The second kappa shape index (κ2) is 11.0. The molecule has 3 heterocycles. The fraction of sp³-hybridized carbons (Fsp3) is 0.400. The van der Waals surface area contributed by atoms with Gasteiger partial charge in [0.2, 0.25) is 18.5 Å². The second-order valence-electron chi connectivity index (χ2n) is 6.67. The molecule has 1 aromatic carbocycles. The number of rotatable bonds is 5. The van der Waals surface area contributed by atoms with Crippen LogP contribution in [0.3, 0.4) is 0 Å². The fourth-order valence-electron chi connectivity index (χ4n) is 3.02. The van der Waals surface area contributed by atoms with Crippen LogP contribution in [-0.4, -0.2) is 51.3 Å². The van der Waals surface area contributed by atoms with E-state index in [-0.39, 0.29) is 6.23 Å². The van der Waals surface area contributed by atoms with Crippen LogP contribution in [0.4, 0.5) is 5.69 Å². The SMILES string of the molecule is Cc1ccc(Cl)s1.O=CNCC1NN=C(c2ccc(N3CCCNCC3)cc2)O1. The summed E-state index contributed by atoms with van der Waals surface area (Å²) in [6.45, 7) is 6.63. The minimum Gasteiger partial charge on any atom is -0.449 e. The zero-order chi connectivity index (χ0) is 20.5. The van der Waals surface area contributed by atoms with E-state index in [4.69, 9.17) is 16.3 Å². The number of nitrogens with zero attached hydrogens (tertiary/aromatic N) is 2. The van der Waals surface area contributed by atoms with Gasteiger partial charge in [-0.1, -0.05) is 11.6 Å². The van der Waals surface area contributed by atoms with Crippen molar-refractivity contribution in [2.24, 2.45) is 5.10 Å². The van der Waals surface area contributed by atoms with Gasteiger partial charge in [-0.2, -0.15) is 0 Å². The molecule has 0 bridgehead atoms. The van der Waals surface area contributed by atoms with Crippen LogP contribution >= 0.6 is 22.9 Å². The first kappa shape index (κ1) is 21.4. The van der Waals surface area contributed by atoms with E-state index in [0.29, 0.717) is 18.9 Å². The predicted octanol–water partition coefficient (Wildman–Crippen LogP) is 2.55. The average Bonchev–Trinajstić information content (AvgIpc) is 3.26. The molecular formula is C20H26ClN5O2S. The zero-order valence-corrected chi connectivity index (χ0v) is 17.9. The maximum absolute atomic E-state index is 10.3. The van der Waals surface area contributed by atoms with Gasteiger partial charge in [0.1, 0.15) is 0 Å². The van der Waals surface area contributed by atoms with Crippen molar-refractivity contribution in [3.63, 3.8) is 0 Å². The van der Waals surface area contributed by atoms with Crippen LogP contribution in [0.25, 0.3) is 0 Å². The van der Waals surface area contributed by atoms with Crippen molar-refractivity contribution in [2.75, 3.05) is 37.6 Å². The fourth-order valence-corrected chi connectivity index (χ4v) is 4.02. The molecule has 1 atom stereocenters. The molecule has 1 saturated heterocycles. The molecule has 4 rings (SSSR count). The molecule has 3 N–H and O–H groups in total. The van der Waals surface area contributed by atoms with Gasteiger partial charge in [0, 0.05) is 35.8 Å². The third kappa shape index (κ3) is 6.62. The van der Waals surface area contributed by atoms with Gasteiger partial charge < -0.3 is 20.3 Å². The minimum absolute atomic E-state index is 0.309. The highest BCUT2D eigenvalue weighted by Crippen LogP contribution is 2.20. The van der Waals surface area contributed by atoms with Gasteiger partial charge in [0.05, 0.1) is 10.9 Å². The van der Waals surface area contributed by atoms with Crippen LogP contribution in [0.1, 0.15) is 16.9 Å². The third-order valence-corrected chi connectivity index (χ3v) is 5.62. The Morgan fingerprint density at radius 1 is 1.28 bits per heavy atom. The van der Waals surface area contributed by atoms with E-state index >= 15 is 0 Å². The van der Waals surface area contributed by atoms with Crippen LogP contribution in [0.5, 0.6) is 0 Å². The molecule has 0 spiro atoms. The van der Waals surface area contributed by atoms with E-state index in [1.807, 2.05) is 31.2 Å². The molecule has 1 unspecified atom stereocenters. The Bertz CT molecular complexity index is 787. The first-order valence-electron chi connectivity index (χ1n) is 9.60. The average molecular weight is 436 g/mol. The van der Waals surface area contributed by atoms with Crippen molar-refractivity contribution in [2.45, 2.75) is 19.6 Å². The number of carbonyl (C=O) groups excluding carboxylic acids is 1. The van der Waals surface area contributed by atoms with Crippen LogP contribution in [-0.2, 0) is 9.53 Å². The molecular weight excluding hydrogens is 410 g/mol. The topological polar surface area (TPSA) is 78.0 Å². The molecule has 1 amide bonds. The number of hydrazone groups is 1. The summed E-state index contributed by atoms with van der Waals surface area (Å²) < 4.78 is 6.52. The molecule has 29 heavy (non-hydrogen) atoms. The lowest BCUT2D eigenvalue weighted by molar-refractivity contribution is -0.109. The number of benzene rings is 1. The summed E-state index contributed by atoms with van der Waals surface area (Å²) >= 11 is 7.19. The van der Waals surface area contributed by atoms with Crippen LogP contribution in [0, 0.1) is 6.92 Å². The van der Waals surface area contributed by atoms with Crippen molar-refractivity contribution < 1.29 is 9.53 Å². The molecule has 2 aliphatic heterocycles. The quantitative estimate of drug-likeness (QED) is 0.629.